The van der Waals surface area contributed by atoms with Crippen LogP contribution in [0.4, 0.5) is 0 Å². The van der Waals surface area contributed by atoms with Crippen LogP contribution in [0.2, 0.25) is 0 Å². The first-order valence-corrected chi connectivity index (χ1v) is 7.26. The average molecular weight is 348 g/mol. The summed E-state index contributed by atoms with van der Waals surface area (Å²) in [5.74, 6) is 1.35. The third kappa shape index (κ3) is 2.44. The van der Waals surface area contributed by atoms with Crippen LogP contribution in [0.15, 0.2) is 28.7 Å². The monoisotopic (exact) mass is 347 g/mol. The first-order chi connectivity index (χ1) is 10.1. The lowest BCUT2D eigenvalue weighted by Gasteiger charge is -2.04. The number of hydrogen-bond acceptors (Lipinski definition) is 3. The predicted octanol–water partition coefficient (Wildman–Crippen LogP) is 2.30. The van der Waals surface area contributed by atoms with Gasteiger partial charge in [0.1, 0.15) is 11.5 Å². The molecule has 0 saturated carbocycles. The van der Waals surface area contributed by atoms with E-state index in [1.54, 1.807) is 0 Å². The molecule has 0 fully saturated rings. The van der Waals surface area contributed by atoms with Gasteiger partial charge < -0.3 is 14.9 Å². The molecular weight excluding hydrogens is 334 g/mol. The van der Waals surface area contributed by atoms with E-state index in [1.165, 1.54) is 0 Å². The molecule has 0 aliphatic rings. The van der Waals surface area contributed by atoms with Crippen LogP contribution in [0, 0.1) is 6.92 Å². The minimum atomic E-state index is -0.182. The molecular formula is C14H14BrN5O. The Kier molecular flexibility index (Phi) is 3.50. The fourth-order valence-corrected chi connectivity index (χ4v) is 2.74. The SMILES string of the molecule is Cc1nnc(CNC(=O)c2[nH]c3ccccc3c2Br)n1C. The number of H-pyrrole nitrogens is 1. The molecule has 0 spiro atoms. The third-order valence-electron chi connectivity index (χ3n) is 3.46. The molecule has 0 bridgehead atoms. The number of fused-ring (bicyclic) bond motifs is 1. The fraction of sp³-hybridized carbons (Fsp3) is 0.214. The number of nitrogens with one attached hydrogen (secondary N) is 2. The van der Waals surface area contributed by atoms with Crippen molar-refractivity contribution in [1.29, 1.82) is 0 Å². The molecule has 0 aliphatic carbocycles. The molecule has 6 nitrogen and oxygen atoms in total. The summed E-state index contributed by atoms with van der Waals surface area (Å²) in [6.45, 7) is 2.20. The molecule has 0 saturated heterocycles. The van der Waals surface area contributed by atoms with Crippen LogP contribution >= 0.6 is 15.9 Å². The van der Waals surface area contributed by atoms with Crippen molar-refractivity contribution < 1.29 is 4.79 Å². The molecule has 0 atom stereocenters. The zero-order chi connectivity index (χ0) is 15.0. The van der Waals surface area contributed by atoms with Crippen LogP contribution in [0.3, 0.4) is 0 Å². The number of carbonyl (C=O) groups is 1. The molecule has 0 radical (unpaired) electrons. The minimum Gasteiger partial charge on any atom is -0.350 e. The second-order valence-corrected chi connectivity index (χ2v) is 5.56. The van der Waals surface area contributed by atoms with Crippen LogP contribution in [-0.2, 0) is 13.6 Å². The number of aromatic amines is 1. The lowest BCUT2D eigenvalue weighted by atomic mass is 10.2. The van der Waals surface area contributed by atoms with Gasteiger partial charge in [-0.25, -0.2) is 0 Å². The Hall–Kier alpha value is -2.15. The van der Waals surface area contributed by atoms with Gasteiger partial charge >= 0.3 is 0 Å². The van der Waals surface area contributed by atoms with Gasteiger partial charge in [-0.05, 0) is 28.9 Å². The summed E-state index contributed by atoms with van der Waals surface area (Å²) in [6.07, 6.45) is 0. The van der Waals surface area contributed by atoms with Crippen LogP contribution in [-0.4, -0.2) is 25.7 Å². The molecule has 2 aromatic heterocycles. The van der Waals surface area contributed by atoms with Gasteiger partial charge in [-0.15, -0.1) is 10.2 Å². The van der Waals surface area contributed by atoms with Gasteiger partial charge in [0.25, 0.3) is 5.91 Å². The number of benzene rings is 1. The standard InChI is InChI=1S/C14H14BrN5O/c1-8-18-19-11(20(8)2)7-16-14(21)13-12(15)9-5-3-4-6-10(9)17-13/h3-6,17H,7H2,1-2H3,(H,16,21). The first-order valence-electron chi connectivity index (χ1n) is 6.47. The minimum absolute atomic E-state index is 0.182. The van der Waals surface area contributed by atoms with Crippen molar-refractivity contribution in [2.75, 3.05) is 0 Å². The van der Waals surface area contributed by atoms with Crippen molar-refractivity contribution in [3.8, 4) is 0 Å². The molecule has 108 valence electrons. The maximum absolute atomic E-state index is 12.3. The summed E-state index contributed by atoms with van der Waals surface area (Å²) in [5.41, 5.74) is 1.43. The summed E-state index contributed by atoms with van der Waals surface area (Å²) in [5, 5.41) is 11.8. The highest BCUT2D eigenvalue weighted by molar-refractivity contribution is 9.10. The number of aryl methyl sites for hydroxylation is 1. The van der Waals surface area contributed by atoms with E-state index in [-0.39, 0.29) is 5.91 Å². The summed E-state index contributed by atoms with van der Waals surface area (Å²) >= 11 is 3.47. The molecule has 1 aromatic carbocycles. The maximum Gasteiger partial charge on any atom is 0.269 e. The number of para-hydroxylation sites is 1. The number of carbonyl (C=O) groups excluding carboxylic acids is 1. The van der Waals surface area contributed by atoms with Crippen molar-refractivity contribution in [2.24, 2.45) is 7.05 Å². The summed E-state index contributed by atoms with van der Waals surface area (Å²) in [6, 6.07) is 7.75. The van der Waals surface area contributed by atoms with Crippen LogP contribution in [0.1, 0.15) is 22.1 Å². The fourth-order valence-electron chi connectivity index (χ4n) is 2.12. The summed E-state index contributed by atoms with van der Waals surface area (Å²) in [7, 11) is 1.87. The van der Waals surface area contributed by atoms with Gasteiger partial charge in [0.05, 0.1) is 11.0 Å². The van der Waals surface area contributed by atoms with Gasteiger partial charge in [-0.3, -0.25) is 4.79 Å². The van der Waals surface area contributed by atoms with Gasteiger partial charge in [0.15, 0.2) is 5.82 Å². The molecule has 3 aromatic rings. The second-order valence-electron chi connectivity index (χ2n) is 4.76. The van der Waals surface area contributed by atoms with Crippen molar-refractivity contribution in [1.82, 2.24) is 25.1 Å². The van der Waals surface area contributed by atoms with Crippen molar-refractivity contribution >= 4 is 32.7 Å². The Labute approximate surface area is 129 Å². The van der Waals surface area contributed by atoms with Crippen LogP contribution < -0.4 is 5.32 Å². The highest BCUT2D eigenvalue weighted by atomic mass is 79.9. The van der Waals surface area contributed by atoms with E-state index >= 15 is 0 Å². The van der Waals surface area contributed by atoms with Crippen LogP contribution in [0.25, 0.3) is 10.9 Å². The zero-order valence-corrected chi connectivity index (χ0v) is 13.2. The molecule has 1 amide bonds. The summed E-state index contributed by atoms with van der Waals surface area (Å²) in [4.78, 5) is 15.4. The number of aromatic nitrogens is 4. The van der Waals surface area contributed by atoms with E-state index in [2.05, 4.69) is 36.4 Å². The van der Waals surface area contributed by atoms with E-state index < -0.39 is 0 Å². The van der Waals surface area contributed by atoms with Crippen LogP contribution in [0.5, 0.6) is 0 Å². The normalized spacial score (nSPS) is 11.0. The van der Waals surface area contributed by atoms with E-state index in [9.17, 15) is 4.79 Å². The smallest absolute Gasteiger partial charge is 0.269 e. The molecule has 0 aliphatic heterocycles. The Morgan fingerprint density at radius 1 is 1.38 bits per heavy atom. The van der Waals surface area contributed by atoms with E-state index in [0.29, 0.717) is 18.1 Å². The van der Waals surface area contributed by atoms with E-state index in [4.69, 9.17) is 0 Å². The predicted molar refractivity (Wildman–Crippen MR) is 82.9 cm³/mol. The Morgan fingerprint density at radius 2 is 2.14 bits per heavy atom. The van der Waals surface area contributed by atoms with Crippen molar-refractivity contribution in [2.45, 2.75) is 13.5 Å². The van der Waals surface area contributed by atoms with E-state index in [0.717, 1.165) is 21.2 Å². The molecule has 2 heterocycles. The lowest BCUT2D eigenvalue weighted by molar-refractivity contribution is 0.0944. The highest BCUT2D eigenvalue weighted by Crippen LogP contribution is 2.27. The maximum atomic E-state index is 12.3. The number of amides is 1. The quantitative estimate of drug-likeness (QED) is 0.763. The molecule has 2 N–H and O–H groups in total. The topological polar surface area (TPSA) is 75.6 Å². The first kappa shape index (κ1) is 13.8. The van der Waals surface area contributed by atoms with Gasteiger partial charge in [-0.2, -0.15) is 0 Å². The Morgan fingerprint density at radius 3 is 2.81 bits per heavy atom. The van der Waals surface area contributed by atoms with Gasteiger partial charge in [0, 0.05) is 18.0 Å². The molecule has 7 heteroatoms. The number of rotatable bonds is 3. The van der Waals surface area contributed by atoms with Crippen molar-refractivity contribution in [3.63, 3.8) is 0 Å². The average Bonchev–Trinajstić information content (AvgIpc) is 2.99. The number of halogens is 1. The number of hydrogen-bond donors (Lipinski definition) is 2. The van der Waals surface area contributed by atoms with Gasteiger partial charge in [0.2, 0.25) is 0 Å². The van der Waals surface area contributed by atoms with E-state index in [1.807, 2.05) is 42.8 Å². The largest absolute Gasteiger partial charge is 0.350 e. The molecule has 3 rings (SSSR count). The zero-order valence-electron chi connectivity index (χ0n) is 11.6. The second kappa shape index (κ2) is 5.33. The number of nitrogens with zero attached hydrogens (tertiary/aromatic N) is 3. The molecule has 21 heavy (non-hydrogen) atoms. The Balaban J connectivity index is 1.81. The lowest BCUT2D eigenvalue weighted by Crippen LogP contribution is -2.25. The Bertz CT molecular complexity index is 820. The third-order valence-corrected chi connectivity index (χ3v) is 4.28. The summed E-state index contributed by atoms with van der Waals surface area (Å²) < 4.78 is 2.62. The highest BCUT2D eigenvalue weighted by Gasteiger charge is 2.16. The van der Waals surface area contributed by atoms with Gasteiger partial charge in [-0.1, -0.05) is 18.2 Å². The van der Waals surface area contributed by atoms with Crippen molar-refractivity contribution in [3.05, 3.63) is 46.1 Å². The molecule has 0 unspecified atom stereocenters.